The number of hydrogen-bond acceptors (Lipinski definition) is 3. The van der Waals surface area contributed by atoms with E-state index in [-0.39, 0.29) is 5.91 Å². The van der Waals surface area contributed by atoms with E-state index in [9.17, 15) is 4.79 Å². The molecule has 0 radical (unpaired) electrons. The van der Waals surface area contributed by atoms with Gasteiger partial charge in [-0.2, -0.15) is 0 Å². The van der Waals surface area contributed by atoms with Gasteiger partial charge in [0.25, 0.3) is 5.91 Å². The second-order valence-electron chi connectivity index (χ2n) is 7.27. The summed E-state index contributed by atoms with van der Waals surface area (Å²) in [5, 5.41) is 1.10. The lowest BCUT2D eigenvalue weighted by Gasteiger charge is -2.23. The fourth-order valence-electron chi connectivity index (χ4n) is 3.43. The smallest absolute Gasteiger partial charge is 0.255 e. The predicted octanol–water partition coefficient (Wildman–Crippen LogP) is 5.63. The number of fused-ring (bicyclic) bond motifs is 1. The van der Waals surface area contributed by atoms with E-state index < -0.39 is 0 Å². The van der Waals surface area contributed by atoms with Crippen LogP contribution in [0.3, 0.4) is 0 Å². The number of carbonyl (C=O) groups is 1. The molecule has 0 saturated carbocycles. The third-order valence-corrected chi connectivity index (χ3v) is 5.00. The first-order chi connectivity index (χ1) is 13.8. The van der Waals surface area contributed by atoms with Gasteiger partial charge in [0.2, 0.25) is 0 Å². The van der Waals surface area contributed by atoms with Gasteiger partial charge in [-0.1, -0.05) is 57.2 Å². The minimum absolute atomic E-state index is 0.0369. The van der Waals surface area contributed by atoms with Crippen molar-refractivity contribution in [3.63, 3.8) is 0 Å². The molecule has 0 spiro atoms. The number of nitrogens with zero attached hydrogens (tertiary/aromatic N) is 3. The van der Waals surface area contributed by atoms with E-state index in [0.29, 0.717) is 12.1 Å². The van der Waals surface area contributed by atoms with Gasteiger partial charge >= 0.3 is 0 Å². The van der Waals surface area contributed by atoms with E-state index in [2.05, 4.69) is 29.0 Å². The van der Waals surface area contributed by atoms with Crippen LogP contribution in [0.2, 0.25) is 0 Å². The SMILES string of the molecule is CCCCCCCCN(Cc1cnc2ccccc2c1)C(=O)c1cccnc1. The summed E-state index contributed by atoms with van der Waals surface area (Å²) < 4.78 is 0. The quantitative estimate of drug-likeness (QED) is 0.431. The number of pyridine rings is 2. The Morgan fingerprint density at radius 1 is 0.964 bits per heavy atom. The highest BCUT2D eigenvalue weighted by Gasteiger charge is 2.16. The Labute approximate surface area is 167 Å². The van der Waals surface area contributed by atoms with E-state index in [4.69, 9.17) is 0 Å². The molecule has 2 aromatic heterocycles. The molecule has 0 atom stereocenters. The maximum absolute atomic E-state index is 13.0. The minimum Gasteiger partial charge on any atom is -0.334 e. The van der Waals surface area contributed by atoms with Crippen molar-refractivity contribution >= 4 is 16.8 Å². The van der Waals surface area contributed by atoms with Crippen molar-refractivity contribution in [3.8, 4) is 0 Å². The number of rotatable bonds is 10. The Hall–Kier alpha value is -2.75. The Morgan fingerprint density at radius 2 is 1.79 bits per heavy atom. The summed E-state index contributed by atoms with van der Waals surface area (Å²) in [4.78, 5) is 23.6. The van der Waals surface area contributed by atoms with Gasteiger partial charge in [0, 0.05) is 37.1 Å². The molecule has 1 aromatic carbocycles. The van der Waals surface area contributed by atoms with Crippen LogP contribution in [0.4, 0.5) is 0 Å². The van der Waals surface area contributed by atoms with Gasteiger partial charge in [-0.05, 0) is 36.2 Å². The number of para-hydroxylation sites is 1. The topological polar surface area (TPSA) is 46.1 Å². The van der Waals surface area contributed by atoms with Crippen LogP contribution in [0.5, 0.6) is 0 Å². The van der Waals surface area contributed by atoms with Crippen LogP contribution in [0, 0.1) is 0 Å². The van der Waals surface area contributed by atoms with E-state index >= 15 is 0 Å². The normalized spacial score (nSPS) is 10.9. The van der Waals surface area contributed by atoms with Crippen molar-refractivity contribution in [1.82, 2.24) is 14.9 Å². The lowest BCUT2D eigenvalue weighted by atomic mass is 10.1. The molecular weight excluding hydrogens is 346 g/mol. The average Bonchev–Trinajstić information content (AvgIpc) is 2.75. The van der Waals surface area contributed by atoms with Gasteiger partial charge < -0.3 is 4.90 Å². The monoisotopic (exact) mass is 375 g/mol. The molecule has 0 saturated heterocycles. The number of hydrogen-bond donors (Lipinski definition) is 0. The zero-order valence-corrected chi connectivity index (χ0v) is 16.7. The zero-order valence-electron chi connectivity index (χ0n) is 16.7. The Bertz CT molecular complexity index is 879. The van der Waals surface area contributed by atoms with E-state index in [1.807, 2.05) is 41.4 Å². The lowest BCUT2D eigenvalue weighted by Crippen LogP contribution is -2.31. The van der Waals surface area contributed by atoms with Crippen LogP contribution in [0.25, 0.3) is 10.9 Å². The second kappa shape index (κ2) is 10.5. The number of benzene rings is 1. The molecule has 0 aliphatic rings. The van der Waals surface area contributed by atoms with Gasteiger partial charge in [0.05, 0.1) is 11.1 Å². The molecule has 1 amide bonds. The fraction of sp³-hybridized carbons (Fsp3) is 0.375. The van der Waals surface area contributed by atoms with Crippen molar-refractivity contribution in [2.75, 3.05) is 6.54 Å². The highest BCUT2D eigenvalue weighted by molar-refractivity contribution is 5.93. The van der Waals surface area contributed by atoms with Gasteiger partial charge in [-0.3, -0.25) is 14.8 Å². The number of amides is 1. The van der Waals surface area contributed by atoms with Crippen LogP contribution in [-0.2, 0) is 6.54 Å². The van der Waals surface area contributed by atoms with E-state index in [0.717, 1.165) is 35.9 Å². The number of carbonyl (C=O) groups excluding carboxylic acids is 1. The largest absolute Gasteiger partial charge is 0.334 e. The molecule has 2 heterocycles. The second-order valence-corrected chi connectivity index (χ2v) is 7.27. The maximum Gasteiger partial charge on any atom is 0.255 e. The highest BCUT2D eigenvalue weighted by atomic mass is 16.2. The third kappa shape index (κ3) is 5.62. The maximum atomic E-state index is 13.0. The van der Waals surface area contributed by atoms with Crippen LogP contribution >= 0.6 is 0 Å². The van der Waals surface area contributed by atoms with Crippen LogP contribution < -0.4 is 0 Å². The summed E-state index contributed by atoms with van der Waals surface area (Å²) in [5.74, 6) is 0.0369. The molecule has 3 rings (SSSR count). The molecule has 4 heteroatoms. The molecule has 0 unspecified atom stereocenters. The lowest BCUT2D eigenvalue weighted by molar-refractivity contribution is 0.0739. The highest BCUT2D eigenvalue weighted by Crippen LogP contribution is 2.16. The summed E-state index contributed by atoms with van der Waals surface area (Å²) in [6.07, 6.45) is 12.5. The first-order valence-electron chi connectivity index (χ1n) is 10.3. The van der Waals surface area contributed by atoms with Crippen molar-refractivity contribution in [2.24, 2.45) is 0 Å². The Kier molecular flexibility index (Phi) is 7.53. The molecular formula is C24H29N3O. The molecule has 3 aromatic rings. The molecule has 0 aliphatic heterocycles. The zero-order chi connectivity index (χ0) is 19.6. The predicted molar refractivity (Wildman–Crippen MR) is 114 cm³/mol. The summed E-state index contributed by atoms with van der Waals surface area (Å²) in [6, 6.07) is 13.9. The Morgan fingerprint density at radius 3 is 2.61 bits per heavy atom. The van der Waals surface area contributed by atoms with Gasteiger partial charge in [-0.15, -0.1) is 0 Å². The summed E-state index contributed by atoms with van der Waals surface area (Å²) in [5.41, 5.74) is 2.68. The fourth-order valence-corrected chi connectivity index (χ4v) is 3.43. The minimum atomic E-state index is 0.0369. The molecule has 28 heavy (non-hydrogen) atoms. The molecule has 0 aliphatic carbocycles. The molecule has 0 N–H and O–H groups in total. The summed E-state index contributed by atoms with van der Waals surface area (Å²) in [7, 11) is 0. The Balaban J connectivity index is 1.70. The van der Waals surface area contributed by atoms with Gasteiger partial charge in [0.15, 0.2) is 0 Å². The van der Waals surface area contributed by atoms with Crippen molar-refractivity contribution < 1.29 is 4.79 Å². The first kappa shape index (κ1) is 20.0. The van der Waals surface area contributed by atoms with E-state index in [1.54, 1.807) is 12.4 Å². The summed E-state index contributed by atoms with van der Waals surface area (Å²) in [6.45, 7) is 3.55. The van der Waals surface area contributed by atoms with Crippen molar-refractivity contribution in [1.29, 1.82) is 0 Å². The number of unbranched alkanes of at least 4 members (excludes halogenated alkanes) is 5. The van der Waals surface area contributed by atoms with Crippen molar-refractivity contribution in [3.05, 3.63) is 72.2 Å². The number of aromatic nitrogens is 2. The average molecular weight is 376 g/mol. The third-order valence-electron chi connectivity index (χ3n) is 5.00. The molecule has 0 fully saturated rings. The van der Waals surface area contributed by atoms with Crippen LogP contribution in [-0.4, -0.2) is 27.3 Å². The molecule has 0 bridgehead atoms. The summed E-state index contributed by atoms with van der Waals surface area (Å²) >= 11 is 0. The molecule has 4 nitrogen and oxygen atoms in total. The van der Waals surface area contributed by atoms with Crippen LogP contribution in [0.15, 0.2) is 61.1 Å². The molecule has 146 valence electrons. The van der Waals surface area contributed by atoms with Crippen molar-refractivity contribution in [2.45, 2.75) is 52.0 Å². The van der Waals surface area contributed by atoms with Gasteiger partial charge in [0.1, 0.15) is 0 Å². The van der Waals surface area contributed by atoms with E-state index in [1.165, 1.54) is 25.7 Å². The van der Waals surface area contributed by atoms with Gasteiger partial charge in [-0.25, -0.2) is 0 Å². The first-order valence-corrected chi connectivity index (χ1v) is 10.3. The standard InChI is InChI=1S/C24H29N3O/c1-2-3-4-5-6-9-15-27(24(28)22-12-10-14-25-18-22)19-20-16-21-11-7-8-13-23(21)26-17-20/h7-8,10-14,16-18H,2-6,9,15,19H2,1H3. The van der Waals surface area contributed by atoms with Crippen LogP contribution in [0.1, 0.15) is 61.4 Å².